The summed E-state index contributed by atoms with van der Waals surface area (Å²) >= 11 is 5.61. The van der Waals surface area contributed by atoms with Crippen LogP contribution in [0.25, 0.3) is 0 Å². The minimum Gasteiger partial charge on any atom is -0.497 e. The van der Waals surface area contributed by atoms with Gasteiger partial charge in [-0.15, -0.1) is 0 Å². The topological polar surface area (TPSA) is 80.8 Å². The van der Waals surface area contributed by atoms with Crippen molar-refractivity contribution in [2.45, 2.75) is 30.1 Å². The molecule has 0 aromatic heterocycles. The van der Waals surface area contributed by atoms with E-state index < -0.39 is 53.3 Å². The quantitative estimate of drug-likeness (QED) is 0.607. The minimum atomic E-state index is -4.85. The van der Waals surface area contributed by atoms with Crippen molar-refractivity contribution in [2.75, 3.05) is 18.6 Å². The molecule has 1 unspecified atom stereocenters. The summed E-state index contributed by atoms with van der Waals surface area (Å²) in [5.74, 6) is -0.0582. The first-order chi connectivity index (χ1) is 14.3. The number of ether oxygens (including phenoxy) is 1. The lowest BCUT2D eigenvalue weighted by molar-refractivity contribution is -0.137. The van der Waals surface area contributed by atoms with Gasteiger partial charge in [0.15, 0.2) is 9.84 Å². The first-order valence-corrected chi connectivity index (χ1v) is 12.7. The Morgan fingerprint density at radius 2 is 1.81 bits per heavy atom. The molecule has 12 heteroatoms. The average molecular weight is 498 g/mol. The molecule has 0 bridgehead atoms. The van der Waals surface area contributed by atoms with Crippen LogP contribution >= 0.6 is 11.6 Å². The summed E-state index contributed by atoms with van der Waals surface area (Å²) in [6.45, 7) is -0.212. The number of benzene rings is 2. The van der Waals surface area contributed by atoms with Crippen LogP contribution in [0.1, 0.15) is 17.5 Å². The summed E-state index contributed by atoms with van der Waals surface area (Å²) in [5, 5.41) is -0.628. The maximum absolute atomic E-state index is 13.3. The molecule has 1 heterocycles. The first kappa shape index (κ1) is 23.8. The molecule has 31 heavy (non-hydrogen) atoms. The Labute approximate surface area is 183 Å². The fourth-order valence-corrected chi connectivity index (χ4v) is 7.06. The van der Waals surface area contributed by atoms with Crippen LogP contribution in [0.15, 0.2) is 47.4 Å². The lowest BCUT2D eigenvalue weighted by Crippen LogP contribution is -2.40. The smallest absolute Gasteiger partial charge is 0.417 e. The Morgan fingerprint density at radius 1 is 1.16 bits per heavy atom. The SMILES string of the molecule is COc1ccc(CN(C2CCS(=O)(=O)C2)S(=O)(=O)c2ccc(Cl)c(C(F)(F)F)c2)cc1. The van der Waals surface area contributed by atoms with Crippen molar-refractivity contribution < 1.29 is 34.7 Å². The zero-order valence-corrected chi connectivity index (χ0v) is 18.7. The number of hydrogen-bond acceptors (Lipinski definition) is 5. The zero-order valence-electron chi connectivity index (χ0n) is 16.3. The fourth-order valence-electron chi connectivity index (χ4n) is 3.34. The van der Waals surface area contributed by atoms with Crippen LogP contribution in [0.5, 0.6) is 5.75 Å². The Bertz CT molecular complexity index is 1170. The molecule has 0 saturated carbocycles. The van der Waals surface area contributed by atoms with Crippen LogP contribution in [-0.4, -0.2) is 45.8 Å². The highest BCUT2D eigenvalue weighted by Gasteiger charge is 2.40. The second-order valence-electron chi connectivity index (χ2n) is 7.09. The molecule has 2 aromatic carbocycles. The molecular weight excluding hydrogens is 479 g/mol. The molecule has 1 atom stereocenters. The summed E-state index contributed by atoms with van der Waals surface area (Å²) in [7, 11) is -6.45. The number of methoxy groups -OCH3 is 1. The Kier molecular flexibility index (Phi) is 6.62. The van der Waals surface area contributed by atoms with Crippen LogP contribution in [0, 0.1) is 0 Å². The first-order valence-electron chi connectivity index (χ1n) is 9.05. The van der Waals surface area contributed by atoms with Gasteiger partial charge in [0.2, 0.25) is 10.0 Å². The molecule has 0 N–H and O–H groups in total. The van der Waals surface area contributed by atoms with Crippen molar-refractivity contribution in [3.05, 3.63) is 58.6 Å². The molecule has 0 radical (unpaired) electrons. The number of nitrogens with zero attached hydrogens (tertiary/aromatic N) is 1. The van der Waals surface area contributed by atoms with Gasteiger partial charge in [0.25, 0.3) is 0 Å². The molecular formula is C19H19ClF3NO5S2. The number of halogens is 4. The van der Waals surface area contributed by atoms with Crippen molar-refractivity contribution in [1.82, 2.24) is 4.31 Å². The summed E-state index contributed by atoms with van der Waals surface area (Å²) in [6.07, 6.45) is -4.79. The van der Waals surface area contributed by atoms with E-state index in [1.807, 2.05) is 0 Å². The normalized spacial score (nSPS) is 19.0. The number of rotatable bonds is 6. The predicted molar refractivity (Wildman–Crippen MR) is 109 cm³/mol. The number of alkyl halides is 3. The van der Waals surface area contributed by atoms with Crippen molar-refractivity contribution in [3.8, 4) is 5.75 Å². The van der Waals surface area contributed by atoms with Crippen LogP contribution in [0.3, 0.4) is 0 Å². The molecule has 2 aromatic rings. The van der Waals surface area contributed by atoms with Gasteiger partial charge < -0.3 is 4.74 Å². The van der Waals surface area contributed by atoms with Gasteiger partial charge in [0.05, 0.1) is 34.1 Å². The van der Waals surface area contributed by atoms with E-state index in [4.69, 9.17) is 16.3 Å². The van der Waals surface area contributed by atoms with E-state index in [-0.39, 0.29) is 18.7 Å². The van der Waals surface area contributed by atoms with Crippen molar-refractivity contribution in [2.24, 2.45) is 0 Å². The van der Waals surface area contributed by atoms with E-state index in [0.717, 1.165) is 16.4 Å². The third-order valence-electron chi connectivity index (χ3n) is 4.96. The van der Waals surface area contributed by atoms with E-state index in [1.54, 1.807) is 24.3 Å². The highest BCUT2D eigenvalue weighted by molar-refractivity contribution is 7.92. The van der Waals surface area contributed by atoms with Gasteiger partial charge in [0, 0.05) is 12.6 Å². The molecule has 1 saturated heterocycles. The van der Waals surface area contributed by atoms with Gasteiger partial charge in [-0.2, -0.15) is 17.5 Å². The summed E-state index contributed by atoms with van der Waals surface area (Å²) in [4.78, 5) is -0.609. The molecule has 1 aliphatic heterocycles. The summed E-state index contributed by atoms with van der Waals surface area (Å²) < 4.78 is 96.4. The molecule has 0 aliphatic carbocycles. The molecule has 1 fully saturated rings. The van der Waals surface area contributed by atoms with Gasteiger partial charge in [-0.05, 0) is 42.3 Å². The van der Waals surface area contributed by atoms with E-state index in [2.05, 4.69) is 0 Å². The van der Waals surface area contributed by atoms with E-state index in [1.165, 1.54) is 7.11 Å². The lowest BCUT2D eigenvalue weighted by Gasteiger charge is -2.28. The molecule has 170 valence electrons. The van der Waals surface area contributed by atoms with Crippen LogP contribution < -0.4 is 4.74 Å². The van der Waals surface area contributed by atoms with Gasteiger partial charge in [-0.1, -0.05) is 23.7 Å². The molecule has 3 rings (SSSR count). The Balaban J connectivity index is 2.05. The summed E-state index contributed by atoms with van der Waals surface area (Å²) in [6, 6.07) is 7.85. The Morgan fingerprint density at radius 3 is 2.32 bits per heavy atom. The van der Waals surface area contributed by atoms with Gasteiger partial charge in [-0.25, -0.2) is 16.8 Å². The third kappa shape index (κ3) is 5.33. The van der Waals surface area contributed by atoms with Crippen LogP contribution in [0.4, 0.5) is 13.2 Å². The predicted octanol–water partition coefficient (Wildman–Crippen LogP) is 3.75. The second-order valence-corrected chi connectivity index (χ2v) is 11.6. The van der Waals surface area contributed by atoms with Gasteiger partial charge in [0.1, 0.15) is 5.75 Å². The van der Waals surface area contributed by atoms with Crippen molar-refractivity contribution >= 4 is 31.5 Å². The zero-order chi connectivity index (χ0) is 23.0. The molecule has 0 spiro atoms. The fraction of sp³-hybridized carbons (Fsp3) is 0.368. The van der Waals surface area contributed by atoms with E-state index in [0.29, 0.717) is 17.4 Å². The van der Waals surface area contributed by atoms with E-state index >= 15 is 0 Å². The third-order valence-corrected chi connectivity index (χ3v) is 8.94. The van der Waals surface area contributed by atoms with Crippen molar-refractivity contribution in [1.29, 1.82) is 0 Å². The van der Waals surface area contributed by atoms with E-state index in [9.17, 15) is 30.0 Å². The minimum absolute atomic E-state index is 0.0530. The largest absolute Gasteiger partial charge is 0.497 e. The Hall–Kier alpha value is -1.82. The van der Waals surface area contributed by atoms with Gasteiger partial charge >= 0.3 is 6.18 Å². The lowest BCUT2D eigenvalue weighted by atomic mass is 10.2. The standard InChI is InChI=1S/C19H19ClF3NO5S2/c1-29-15-4-2-13(3-5-15)11-24(14-8-9-30(25,26)12-14)31(27,28)16-6-7-18(20)17(10-16)19(21,22)23/h2-7,10,14H,8-9,11-12H2,1H3. The maximum Gasteiger partial charge on any atom is 0.417 e. The number of sulfonamides is 1. The monoisotopic (exact) mass is 497 g/mol. The van der Waals surface area contributed by atoms with Gasteiger partial charge in [-0.3, -0.25) is 0 Å². The van der Waals surface area contributed by atoms with Crippen LogP contribution in [-0.2, 0) is 32.6 Å². The second kappa shape index (κ2) is 8.61. The number of sulfone groups is 1. The van der Waals surface area contributed by atoms with Crippen molar-refractivity contribution in [3.63, 3.8) is 0 Å². The molecule has 1 aliphatic rings. The number of hydrogen-bond donors (Lipinski definition) is 0. The highest BCUT2D eigenvalue weighted by atomic mass is 35.5. The summed E-state index contributed by atoms with van der Waals surface area (Å²) in [5.41, 5.74) is -0.752. The average Bonchev–Trinajstić information content (AvgIpc) is 3.05. The maximum atomic E-state index is 13.3. The highest BCUT2D eigenvalue weighted by Crippen LogP contribution is 2.37. The molecule has 0 amide bonds. The van der Waals surface area contributed by atoms with Crippen LogP contribution in [0.2, 0.25) is 5.02 Å². The molecule has 6 nitrogen and oxygen atoms in total.